The summed E-state index contributed by atoms with van der Waals surface area (Å²) in [5.74, 6) is 3.33. The fourth-order valence-electron chi connectivity index (χ4n) is 4.44. The van der Waals surface area contributed by atoms with E-state index in [0.29, 0.717) is 5.92 Å². The molecule has 4 aromatic rings. The van der Waals surface area contributed by atoms with E-state index in [1.165, 1.54) is 18.4 Å². The van der Waals surface area contributed by atoms with Gasteiger partial charge < -0.3 is 10.1 Å². The summed E-state index contributed by atoms with van der Waals surface area (Å²) in [7, 11) is 0. The van der Waals surface area contributed by atoms with E-state index in [2.05, 4.69) is 66.6 Å². The number of para-hydroxylation sites is 1. The summed E-state index contributed by atoms with van der Waals surface area (Å²) in [5.41, 5.74) is 3.15. The van der Waals surface area contributed by atoms with Crippen LogP contribution in [0.15, 0.2) is 71.3 Å². The summed E-state index contributed by atoms with van der Waals surface area (Å²) >= 11 is 3.53. The van der Waals surface area contributed by atoms with Crippen LogP contribution < -0.4 is 10.1 Å². The van der Waals surface area contributed by atoms with E-state index >= 15 is 0 Å². The van der Waals surface area contributed by atoms with Crippen LogP contribution in [0, 0.1) is 12.8 Å². The highest BCUT2D eigenvalue weighted by Gasteiger charge is 2.20. The van der Waals surface area contributed by atoms with Gasteiger partial charge in [0.1, 0.15) is 17.3 Å². The van der Waals surface area contributed by atoms with E-state index in [-0.39, 0.29) is 0 Å². The zero-order chi connectivity index (χ0) is 22.6. The molecule has 2 aromatic heterocycles. The van der Waals surface area contributed by atoms with Crippen molar-refractivity contribution in [3.63, 3.8) is 0 Å². The molecule has 7 heteroatoms. The molecule has 170 valence electrons. The van der Waals surface area contributed by atoms with Gasteiger partial charge in [-0.05, 0) is 78.0 Å². The van der Waals surface area contributed by atoms with Crippen LogP contribution >= 0.6 is 15.9 Å². The molecular weight excluding hydrogens is 478 g/mol. The van der Waals surface area contributed by atoms with Gasteiger partial charge >= 0.3 is 0 Å². The molecule has 0 radical (unpaired) electrons. The van der Waals surface area contributed by atoms with Gasteiger partial charge in [-0.3, -0.25) is 4.90 Å². The van der Waals surface area contributed by atoms with Gasteiger partial charge in [0.05, 0.1) is 10.7 Å². The standard InChI is InChI=1S/C26H28BrN5O/c1-19-14-25(32-26(30-19)24(27)16-29-32)28-15-21-6-5-13-31(18-21)17-20-9-11-23(12-10-20)33-22-7-3-2-4-8-22/h2-4,7-12,14,16,21,28H,5-6,13,15,17-18H2,1H3. The number of anilines is 1. The molecule has 0 aliphatic carbocycles. The molecule has 33 heavy (non-hydrogen) atoms. The first-order valence-electron chi connectivity index (χ1n) is 11.4. The van der Waals surface area contributed by atoms with Crippen LogP contribution in [-0.2, 0) is 6.54 Å². The predicted octanol–water partition coefficient (Wildman–Crippen LogP) is 5.92. The van der Waals surface area contributed by atoms with Crippen LogP contribution in [0.4, 0.5) is 5.82 Å². The molecule has 1 fully saturated rings. The summed E-state index contributed by atoms with van der Waals surface area (Å²) in [6.07, 6.45) is 4.26. The number of likely N-dealkylation sites (tertiary alicyclic amines) is 1. The van der Waals surface area contributed by atoms with Crippen molar-refractivity contribution in [3.05, 3.63) is 82.6 Å². The molecule has 0 saturated carbocycles. The fourth-order valence-corrected chi connectivity index (χ4v) is 4.79. The Balaban J connectivity index is 1.17. The van der Waals surface area contributed by atoms with Gasteiger partial charge in [-0.2, -0.15) is 9.61 Å². The number of fused-ring (bicyclic) bond motifs is 1. The molecule has 1 atom stereocenters. The van der Waals surface area contributed by atoms with Gasteiger partial charge in [-0.25, -0.2) is 4.98 Å². The maximum Gasteiger partial charge on any atom is 0.171 e. The van der Waals surface area contributed by atoms with Crippen molar-refractivity contribution in [1.29, 1.82) is 0 Å². The Hall–Kier alpha value is -2.90. The number of benzene rings is 2. The van der Waals surface area contributed by atoms with Crippen LogP contribution in [0.5, 0.6) is 11.5 Å². The number of piperidine rings is 1. The number of halogens is 1. The predicted molar refractivity (Wildman–Crippen MR) is 135 cm³/mol. The van der Waals surface area contributed by atoms with Gasteiger partial charge in [0.25, 0.3) is 0 Å². The minimum Gasteiger partial charge on any atom is -0.457 e. The molecule has 6 nitrogen and oxygen atoms in total. The third-order valence-electron chi connectivity index (χ3n) is 6.04. The quantitative estimate of drug-likeness (QED) is 0.338. The first-order valence-corrected chi connectivity index (χ1v) is 12.2. The Kier molecular flexibility index (Phi) is 6.60. The number of nitrogens with one attached hydrogen (secondary N) is 1. The Morgan fingerprint density at radius 2 is 1.88 bits per heavy atom. The number of hydrogen-bond donors (Lipinski definition) is 1. The van der Waals surface area contributed by atoms with E-state index in [4.69, 9.17) is 4.74 Å². The van der Waals surface area contributed by atoms with Crippen molar-refractivity contribution in [2.45, 2.75) is 26.3 Å². The number of hydrogen-bond acceptors (Lipinski definition) is 5. The maximum atomic E-state index is 5.92. The van der Waals surface area contributed by atoms with Gasteiger partial charge in [0, 0.05) is 31.4 Å². The minimum atomic E-state index is 0.599. The first kappa shape index (κ1) is 21.9. The summed E-state index contributed by atoms with van der Waals surface area (Å²) in [6.45, 7) is 6.14. The summed E-state index contributed by atoms with van der Waals surface area (Å²) < 4.78 is 8.71. The van der Waals surface area contributed by atoms with Crippen molar-refractivity contribution in [3.8, 4) is 11.5 Å². The molecule has 3 heterocycles. The Bertz CT molecular complexity index is 1210. The fraction of sp³-hybridized carbons (Fsp3) is 0.308. The van der Waals surface area contributed by atoms with Gasteiger partial charge in [0.2, 0.25) is 0 Å². The van der Waals surface area contributed by atoms with Crippen molar-refractivity contribution in [2.24, 2.45) is 5.92 Å². The second-order valence-corrected chi connectivity index (χ2v) is 9.55. The molecule has 1 aliphatic heterocycles. The van der Waals surface area contributed by atoms with Crippen LogP contribution in [0.25, 0.3) is 5.65 Å². The van der Waals surface area contributed by atoms with Crippen molar-refractivity contribution in [1.82, 2.24) is 19.5 Å². The molecule has 2 aromatic carbocycles. The zero-order valence-electron chi connectivity index (χ0n) is 18.7. The first-order chi connectivity index (χ1) is 16.1. The van der Waals surface area contributed by atoms with E-state index in [0.717, 1.165) is 59.3 Å². The second kappa shape index (κ2) is 9.93. The number of aromatic nitrogens is 3. The average molecular weight is 506 g/mol. The monoisotopic (exact) mass is 505 g/mol. The molecule has 1 aliphatic rings. The Morgan fingerprint density at radius 1 is 1.09 bits per heavy atom. The SMILES string of the molecule is Cc1cc(NCC2CCCN(Cc3ccc(Oc4ccccc4)cc3)C2)n2ncc(Br)c2n1. The second-order valence-electron chi connectivity index (χ2n) is 8.69. The molecule has 1 N–H and O–H groups in total. The number of ether oxygens (including phenoxy) is 1. The van der Waals surface area contributed by atoms with E-state index in [1.54, 1.807) is 6.20 Å². The molecule has 0 spiro atoms. The molecule has 5 rings (SSSR count). The lowest BCUT2D eigenvalue weighted by atomic mass is 9.97. The van der Waals surface area contributed by atoms with Gasteiger partial charge in [0.15, 0.2) is 5.65 Å². The minimum absolute atomic E-state index is 0.599. The highest BCUT2D eigenvalue weighted by atomic mass is 79.9. The Labute approximate surface area is 202 Å². The van der Waals surface area contributed by atoms with Gasteiger partial charge in [-0.15, -0.1) is 0 Å². The lowest BCUT2D eigenvalue weighted by molar-refractivity contribution is 0.173. The Morgan fingerprint density at radius 3 is 2.70 bits per heavy atom. The zero-order valence-corrected chi connectivity index (χ0v) is 20.3. The van der Waals surface area contributed by atoms with Crippen LogP contribution in [0.2, 0.25) is 0 Å². The molecule has 1 unspecified atom stereocenters. The molecule has 1 saturated heterocycles. The lowest BCUT2D eigenvalue weighted by Crippen LogP contribution is -2.37. The molecule has 0 amide bonds. The smallest absolute Gasteiger partial charge is 0.171 e. The van der Waals surface area contributed by atoms with Gasteiger partial charge in [-0.1, -0.05) is 30.3 Å². The van der Waals surface area contributed by atoms with E-state index in [9.17, 15) is 0 Å². The number of aryl methyl sites for hydroxylation is 1. The van der Waals surface area contributed by atoms with Crippen LogP contribution in [0.1, 0.15) is 24.1 Å². The summed E-state index contributed by atoms with van der Waals surface area (Å²) in [5, 5.41) is 8.07. The third kappa shape index (κ3) is 5.37. The average Bonchev–Trinajstić information content (AvgIpc) is 3.20. The van der Waals surface area contributed by atoms with Crippen molar-refractivity contribution >= 4 is 27.4 Å². The molecule has 0 bridgehead atoms. The van der Waals surface area contributed by atoms with Crippen LogP contribution in [0.3, 0.4) is 0 Å². The van der Waals surface area contributed by atoms with E-state index < -0.39 is 0 Å². The third-order valence-corrected chi connectivity index (χ3v) is 6.60. The molecular formula is C26H28BrN5O. The highest BCUT2D eigenvalue weighted by molar-refractivity contribution is 9.10. The normalized spacial score (nSPS) is 16.7. The summed E-state index contributed by atoms with van der Waals surface area (Å²) in [4.78, 5) is 7.13. The number of nitrogens with zero attached hydrogens (tertiary/aromatic N) is 4. The topological polar surface area (TPSA) is 54.7 Å². The largest absolute Gasteiger partial charge is 0.457 e. The summed E-state index contributed by atoms with van der Waals surface area (Å²) in [6, 6.07) is 20.4. The maximum absolute atomic E-state index is 5.92. The lowest BCUT2D eigenvalue weighted by Gasteiger charge is -2.33. The van der Waals surface area contributed by atoms with Crippen LogP contribution in [-0.4, -0.2) is 39.1 Å². The van der Waals surface area contributed by atoms with E-state index in [1.807, 2.05) is 41.8 Å². The van der Waals surface area contributed by atoms with Crippen molar-refractivity contribution in [2.75, 3.05) is 25.0 Å². The van der Waals surface area contributed by atoms with Crippen molar-refractivity contribution < 1.29 is 4.74 Å². The highest BCUT2D eigenvalue weighted by Crippen LogP contribution is 2.24. The number of rotatable bonds is 7.